The van der Waals surface area contributed by atoms with Gasteiger partial charge in [-0.05, 0) is 31.2 Å². The second kappa shape index (κ2) is 8.19. The molecule has 0 spiro atoms. The fraction of sp³-hybridized carbons (Fsp3) is 0.188. The third-order valence-electron chi connectivity index (χ3n) is 2.75. The van der Waals surface area contributed by atoms with Gasteiger partial charge in [0.25, 0.3) is 5.91 Å². The van der Waals surface area contributed by atoms with E-state index < -0.39 is 5.97 Å². The topological polar surface area (TPSA) is 88.5 Å². The largest absolute Gasteiger partial charge is 0.484 e. The van der Waals surface area contributed by atoms with Crippen molar-refractivity contribution in [3.63, 3.8) is 0 Å². The summed E-state index contributed by atoms with van der Waals surface area (Å²) in [5.74, 6) is -0.617. The van der Waals surface area contributed by atoms with Crippen LogP contribution < -0.4 is 10.1 Å². The molecule has 0 bridgehead atoms. The van der Waals surface area contributed by atoms with Crippen LogP contribution in [0.5, 0.6) is 5.75 Å². The third kappa shape index (κ3) is 5.99. The molecule has 0 saturated heterocycles. The predicted octanol–water partition coefficient (Wildman–Crippen LogP) is 2.58. The van der Waals surface area contributed by atoms with Gasteiger partial charge in [-0.1, -0.05) is 29.5 Å². The standard InChI is InChI=1S/C16H16N2O4S/c1-11-2-5-13(6-3-11)22-9-14(19)18-12-4-7-15(17-8-12)23-10-16(20)21/h2-8H,9-10H2,1H3,(H,18,19)(H,20,21). The van der Waals surface area contributed by atoms with Crippen molar-refractivity contribution in [2.75, 3.05) is 17.7 Å². The molecule has 0 fully saturated rings. The van der Waals surface area contributed by atoms with Gasteiger partial charge in [0.15, 0.2) is 6.61 Å². The number of hydrogen-bond acceptors (Lipinski definition) is 5. The van der Waals surface area contributed by atoms with E-state index in [4.69, 9.17) is 9.84 Å². The molecule has 2 rings (SSSR count). The third-order valence-corrected chi connectivity index (χ3v) is 3.68. The van der Waals surface area contributed by atoms with E-state index in [0.717, 1.165) is 17.3 Å². The molecule has 6 nitrogen and oxygen atoms in total. The van der Waals surface area contributed by atoms with E-state index in [-0.39, 0.29) is 18.3 Å². The number of nitrogens with one attached hydrogen (secondary N) is 1. The lowest BCUT2D eigenvalue weighted by Gasteiger charge is -2.08. The SMILES string of the molecule is Cc1ccc(OCC(=O)Nc2ccc(SCC(=O)O)nc2)cc1. The summed E-state index contributed by atoms with van der Waals surface area (Å²) in [4.78, 5) is 26.4. The number of hydrogen-bond donors (Lipinski definition) is 2. The first-order valence-electron chi connectivity index (χ1n) is 6.83. The van der Waals surface area contributed by atoms with Gasteiger partial charge in [0, 0.05) is 0 Å². The minimum absolute atomic E-state index is 0.0525. The normalized spacial score (nSPS) is 10.1. The van der Waals surface area contributed by atoms with Crippen LogP contribution in [0.3, 0.4) is 0 Å². The molecule has 0 aliphatic heterocycles. The number of ether oxygens (including phenoxy) is 1. The van der Waals surface area contributed by atoms with Crippen LogP contribution in [0.1, 0.15) is 5.56 Å². The first-order chi connectivity index (χ1) is 11.0. The fourth-order valence-electron chi connectivity index (χ4n) is 1.66. The molecular formula is C16H16N2O4S. The number of aliphatic carboxylic acids is 1. The van der Waals surface area contributed by atoms with Gasteiger partial charge >= 0.3 is 5.97 Å². The van der Waals surface area contributed by atoms with E-state index in [1.54, 1.807) is 24.3 Å². The van der Waals surface area contributed by atoms with Gasteiger partial charge < -0.3 is 15.2 Å². The monoisotopic (exact) mass is 332 g/mol. The predicted molar refractivity (Wildman–Crippen MR) is 87.9 cm³/mol. The fourth-order valence-corrected chi connectivity index (χ4v) is 2.22. The number of anilines is 1. The second-order valence-corrected chi connectivity index (χ2v) is 5.71. The molecule has 23 heavy (non-hydrogen) atoms. The molecule has 0 aliphatic rings. The van der Waals surface area contributed by atoms with Gasteiger partial charge in [-0.3, -0.25) is 9.59 Å². The van der Waals surface area contributed by atoms with Crippen LogP contribution in [0.15, 0.2) is 47.6 Å². The van der Waals surface area contributed by atoms with Gasteiger partial charge in [-0.2, -0.15) is 0 Å². The van der Waals surface area contributed by atoms with Gasteiger partial charge in [0.2, 0.25) is 0 Å². The maximum absolute atomic E-state index is 11.8. The van der Waals surface area contributed by atoms with Crippen LogP contribution in [0, 0.1) is 6.92 Å². The summed E-state index contributed by atoms with van der Waals surface area (Å²) in [7, 11) is 0. The number of carbonyl (C=O) groups is 2. The van der Waals surface area contributed by atoms with E-state index in [1.165, 1.54) is 6.20 Å². The van der Waals surface area contributed by atoms with Crippen LogP contribution in [0.2, 0.25) is 0 Å². The number of nitrogens with zero attached hydrogens (tertiary/aromatic N) is 1. The molecule has 0 atom stereocenters. The van der Waals surface area contributed by atoms with Crippen molar-refractivity contribution >= 4 is 29.3 Å². The number of pyridine rings is 1. The molecule has 1 heterocycles. The maximum atomic E-state index is 11.8. The van der Waals surface area contributed by atoms with Crippen molar-refractivity contribution in [3.8, 4) is 5.75 Å². The molecule has 0 aliphatic carbocycles. The number of aromatic nitrogens is 1. The van der Waals surface area contributed by atoms with Crippen LogP contribution >= 0.6 is 11.8 Å². The zero-order valence-electron chi connectivity index (χ0n) is 12.5. The van der Waals surface area contributed by atoms with Gasteiger partial charge in [-0.25, -0.2) is 4.98 Å². The Morgan fingerprint density at radius 3 is 2.57 bits per heavy atom. The summed E-state index contributed by atoms with van der Waals surface area (Å²) in [6.07, 6.45) is 1.48. The quantitative estimate of drug-likeness (QED) is 0.758. The summed E-state index contributed by atoms with van der Waals surface area (Å²) in [5, 5.41) is 11.8. The Morgan fingerprint density at radius 2 is 1.96 bits per heavy atom. The Hall–Kier alpha value is -2.54. The molecule has 0 radical (unpaired) electrons. The minimum Gasteiger partial charge on any atom is -0.484 e. The number of thioether (sulfide) groups is 1. The van der Waals surface area contributed by atoms with Crippen molar-refractivity contribution in [3.05, 3.63) is 48.2 Å². The summed E-state index contributed by atoms with van der Waals surface area (Å²) in [5.41, 5.74) is 1.65. The zero-order valence-corrected chi connectivity index (χ0v) is 13.3. The first kappa shape index (κ1) is 16.8. The van der Waals surface area contributed by atoms with Gasteiger partial charge in [0.1, 0.15) is 5.75 Å². The number of amides is 1. The molecule has 1 amide bonds. The van der Waals surface area contributed by atoms with Crippen molar-refractivity contribution < 1.29 is 19.4 Å². The first-order valence-corrected chi connectivity index (χ1v) is 7.81. The second-order valence-electron chi connectivity index (χ2n) is 4.72. The van der Waals surface area contributed by atoms with Crippen LogP contribution in [-0.2, 0) is 9.59 Å². The lowest BCUT2D eigenvalue weighted by atomic mass is 10.2. The number of aryl methyl sites for hydroxylation is 1. The molecule has 2 aromatic rings. The molecule has 120 valence electrons. The summed E-state index contributed by atoms with van der Waals surface area (Å²) < 4.78 is 5.38. The molecule has 7 heteroatoms. The summed E-state index contributed by atoms with van der Waals surface area (Å²) in [6.45, 7) is 1.88. The number of carbonyl (C=O) groups excluding carboxylic acids is 1. The average molecular weight is 332 g/mol. The highest BCUT2D eigenvalue weighted by molar-refractivity contribution is 7.99. The van der Waals surface area contributed by atoms with E-state index >= 15 is 0 Å². The highest BCUT2D eigenvalue weighted by atomic mass is 32.2. The van der Waals surface area contributed by atoms with E-state index in [1.807, 2.05) is 19.1 Å². The van der Waals surface area contributed by atoms with Crippen LogP contribution in [-0.4, -0.2) is 34.3 Å². The Kier molecular flexibility index (Phi) is 5.99. The van der Waals surface area contributed by atoms with Crippen molar-refractivity contribution in [1.82, 2.24) is 4.98 Å². The molecule has 1 aromatic carbocycles. The molecular weight excluding hydrogens is 316 g/mol. The minimum atomic E-state index is -0.901. The molecule has 0 saturated carbocycles. The molecule has 2 N–H and O–H groups in total. The van der Waals surface area contributed by atoms with E-state index in [0.29, 0.717) is 16.5 Å². The highest BCUT2D eigenvalue weighted by Crippen LogP contribution is 2.17. The van der Waals surface area contributed by atoms with Gasteiger partial charge in [-0.15, -0.1) is 0 Å². The Bertz CT molecular complexity index is 671. The molecule has 0 unspecified atom stereocenters. The number of benzene rings is 1. The maximum Gasteiger partial charge on any atom is 0.313 e. The number of rotatable bonds is 7. The smallest absolute Gasteiger partial charge is 0.313 e. The lowest BCUT2D eigenvalue weighted by Crippen LogP contribution is -2.20. The van der Waals surface area contributed by atoms with Crippen LogP contribution in [0.4, 0.5) is 5.69 Å². The van der Waals surface area contributed by atoms with E-state index in [2.05, 4.69) is 10.3 Å². The summed E-state index contributed by atoms with van der Waals surface area (Å²) >= 11 is 1.12. The Morgan fingerprint density at radius 1 is 1.22 bits per heavy atom. The van der Waals surface area contributed by atoms with Crippen molar-refractivity contribution in [2.24, 2.45) is 0 Å². The Balaban J connectivity index is 1.80. The molecule has 1 aromatic heterocycles. The number of carboxylic acids is 1. The van der Waals surface area contributed by atoms with Crippen LogP contribution in [0.25, 0.3) is 0 Å². The zero-order chi connectivity index (χ0) is 16.7. The number of carboxylic acid groups (broad SMARTS) is 1. The van der Waals surface area contributed by atoms with Crippen molar-refractivity contribution in [2.45, 2.75) is 11.9 Å². The lowest BCUT2D eigenvalue weighted by molar-refractivity contribution is -0.133. The Labute approximate surface area is 137 Å². The van der Waals surface area contributed by atoms with E-state index in [9.17, 15) is 9.59 Å². The highest BCUT2D eigenvalue weighted by Gasteiger charge is 2.05. The van der Waals surface area contributed by atoms with Crippen molar-refractivity contribution in [1.29, 1.82) is 0 Å². The average Bonchev–Trinajstić information content (AvgIpc) is 2.53. The van der Waals surface area contributed by atoms with Gasteiger partial charge in [0.05, 0.1) is 22.7 Å². The summed E-state index contributed by atoms with van der Waals surface area (Å²) in [6, 6.07) is 10.7.